The molecule has 0 aliphatic carbocycles. The normalized spacial score (nSPS) is 11.9. The molecule has 0 fully saturated rings. The van der Waals surface area contributed by atoms with E-state index >= 15 is 0 Å². The van der Waals surface area contributed by atoms with Crippen LogP contribution in [0.2, 0.25) is 3.43 Å². The van der Waals surface area contributed by atoms with Crippen LogP contribution >= 0.6 is 11.3 Å². The summed E-state index contributed by atoms with van der Waals surface area (Å²) in [5.41, 5.74) is 1.93. The van der Waals surface area contributed by atoms with E-state index in [4.69, 9.17) is 0 Å². The standard InChI is InChI=1S/C4H9.C3H2NS.Sn/c1-4(2)3;1-2-5-3-4-1;/h1-3H3;1,3H;. The van der Waals surface area contributed by atoms with Crippen LogP contribution in [0.15, 0.2) is 11.7 Å². The van der Waals surface area contributed by atoms with Crippen molar-refractivity contribution in [3.63, 3.8) is 0 Å². The monoisotopic (exact) mass is 261 g/mol. The molecule has 1 aromatic heterocycles. The van der Waals surface area contributed by atoms with Crippen molar-refractivity contribution >= 4 is 35.4 Å². The van der Waals surface area contributed by atoms with E-state index in [1.807, 2.05) is 23.0 Å². The summed E-state index contributed by atoms with van der Waals surface area (Å²) in [5.74, 6) is 0. The molecule has 54 valence electrons. The molecule has 1 rings (SSSR count). The van der Waals surface area contributed by atoms with Crippen LogP contribution in [-0.2, 0) is 0 Å². The number of thiazole rings is 1. The van der Waals surface area contributed by atoms with Crippen LogP contribution in [0, 0.1) is 0 Å². The van der Waals surface area contributed by atoms with E-state index in [9.17, 15) is 0 Å². The Labute approximate surface area is 76.1 Å². The molecule has 0 saturated carbocycles. The molecule has 0 aromatic carbocycles. The Bertz CT molecular complexity index is 188. The second kappa shape index (κ2) is 3.22. The zero-order valence-corrected chi connectivity index (χ0v) is 10.2. The minimum absolute atomic E-state index is 0.346. The number of aromatic nitrogens is 1. The maximum absolute atomic E-state index is 4.07. The molecule has 0 unspecified atom stereocenters. The first-order valence-corrected chi connectivity index (χ1v) is 6.98. The first kappa shape index (κ1) is 8.52. The Hall–Kier alpha value is 0.429. The number of hydrogen-bond donors (Lipinski definition) is 0. The molecule has 0 aliphatic rings. The van der Waals surface area contributed by atoms with Gasteiger partial charge in [-0.3, -0.25) is 0 Å². The van der Waals surface area contributed by atoms with Crippen LogP contribution in [0.5, 0.6) is 0 Å². The van der Waals surface area contributed by atoms with Crippen LogP contribution in [0.1, 0.15) is 20.8 Å². The quantitative estimate of drug-likeness (QED) is 0.700. The van der Waals surface area contributed by atoms with E-state index in [0.717, 1.165) is 0 Å². The van der Waals surface area contributed by atoms with Gasteiger partial charge in [0.05, 0.1) is 0 Å². The fourth-order valence-electron chi connectivity index (χ4n) is 0.647. The van der Waals surface area contributed by atoms with E-state index in [1.165, 1.54) is 0 Å². The van der Waals surface area contributed by atoms with E-state index < -0.39 is 0 Å². The number of nitrogens with zero attached hydrogens (tertiary/aromatic N) is 1. The zero-order valence-electron chi connectivity index (χ0n) is 6.51. The van der Waals surface area contributed by atoms with Gasteiger partial charge < -0.3 is 0 Å². The summed E-state index contributed by atoms with van der Waals surface area (Å²) in [6.45, 7) is 6.96. The fraction of sp³-hybridized carbons (Fsp3) is 0.571. The number of rotatable bonds is 1. The van der Waals surface area contributed by atoms with Gasteiger partial charge in [-0.15, -0.1) is 0 Å². The third-order valence-corrected chi connectivity index (χ3v) is 6.42. The van der Waals surface area contributed by atoms with E-state index in [1.54, 1.807) is 2.89 Å². The summed E-state index contributed by atoms with van der Waals surface area (Å²) < 4.78 is 2.12. The van der Waals surface area contributed by atoms with Gasteiger partial charge in [0.2, 0.25) is 0 Å². The summed E-state index contributed by atoms with van der Waals surface area (Å²) in [6, 6.07) is 0. The van der Waals surface area contributed by atoms with Gasteiger partial charge in [-0.2, -0.15) is 0 Å². The summed E-state index contributed by atoms with van der Waals surface area (Å²) in [4.78, 5) is 4.07. The van der Waals surface area contributed by atoms with Crippen LogP contribution in [-0.4, -0.2) is 26.1 Å². The van der Waals surface area contributed by atoms with E-state index in [-0.39, 0.29) is 21.1 Å². The Morgan fingerprint density at radius 2 is 2.20 bits per heavy atom. The predicted octanol–water partition coefficient (Wildman–Crippen LogP) is 1.69. The maximum atomic E-state index is 4.07. The molecular formula is C7H11NSSn. The molecule has 2 radical (unpaired) electrons. The molecule has 0 atom stereocenters. The average molecular weight is 260 g/mol. The number of hydrogen-bond acceptors (Lipinski definition) is 2. The van der Waals surface area contributed by atoms with Crippen molar-refractivity contribution in [2.24, 2.45) is 0 Å². The van der Waals surface area contributed by atoms with E-state index in [2.05, 4.69) is 25.8 Å². The molecule has 1 nitrogen and oxygen atoms in total. The van der Waals surface area contributed by atoms with Gasteiger partial charge in [-0.25, -0.2) is 0 Å². The summed E-state index contributed by atoms with van der Waals surface area (Å²) in [7, 11) is 0. The molecule has 3 heteroatoms. The molecule has 0 N–H and O–H groups in total. The minimum atomic E-state index is -0.346. The Balaban J connectivity index is 2.57. The molecule has 1 heterocycles. The van der Waals surface area contributed by atoms with Gasteiger partial charge in [0.1, 0.15) is 0 Å². The third kappa shape index (κ3) is 3.01. The molecule has 10 heavy (non-hydrogen) atoms. The summed E-state index contributed by atoms with van der Waals surface area (Å²) in [5, 5.41) is 0. The summed E-state index contributed by atoms with van der Waals surface area (Å²) >= 11 is 1.47. The van der Waals surface area contributed by atoms with E-state index in [0.29, 0.717) is 3.43 Å². The first-order valence-electron chi connectivity index (χ1n) is 3.24. The van der Waals surface area contributed by atoms with Gasteiger partial charge in [-0.05, 0) is 0 Å². The van der Waals surface area contributed by atoms with Crippen LogP contribution < -0.4 is 2.89 Å². The van der Waals surface area contributed by atoms with Crippen LogP contribution in [0.4, 0.5) is 0 Å². The zero-order chi connectivity index (χ0) is 7.61. The van der Waals surface area contributed by atoms with Crippen molar-refractivity contribution in [3.05, 3.63) is 11.7 Å². The van der Waals surface area contributed by atoms with Crippen molar-refractivity contribution in [3.8, 4) is 0 Å². The van der Waals surface area contributed by atoms with Gasteiger partial charge in [0, 0.05) is 0 Å². The fourth-order valence-corrected chi connectivity index (χ4v) is 6.58. The van der Waals surface area contributed by atoms with Gasteiger partial charge in [0.25, 0.3) is 0 Å². The predicted molar refractivity (Wildman–Crippen MR) is 47.2 cm³/mol. The van der Waals surface area contributed by atoms with Crippen molar-refractivity contribution in [1.82, 2.24) is 4.98 Å². The molecule has 0 bridgehead atoms. The second-order valence-electron chi connectivity index (χ2n) is 3.24. The van der Waals surface area contributed by atoms with Crippen molar-refractivity contribution in [2.45, 2.75) is 24.2 Å². The van der Waals surface area contributed by atoms with Gasteiger partial charge in [0.15, 0.2) is 0 Å². The Morgan fingerprint density at radius 1 is 1.50 bits per heavy atom. The SMILES string of the molecule is C[C](C)(C)[Sn][c]1cncs1. The molecule has 0 spiro atoms. The van der Waals surface area contributed by atoms with Crippen molar-refractivity contribution < 1.29 is 0 Å². The second-order valence-corrected chi connectivity index (χ2v) is 11.7. The van der Waals surface area contributed by atoms with Crippen LogP contribution in [0.3, 0.4) is 0 Å². The molecular weight excluding hydrogens is 249 g/mol. The van der Waals surface area contributed by atoms with Gasteiger partial charge >= 0.3 is 76.3 Å². The average Bonchev–Trinajstić information content (AvgIpc) is 2.12. The molecule has 0 aliphatic heterocycles. The summed E-state index contributed by atoms with van der Waals surface area (Å²) in [6.07, 6.45) is 2.03. The Morgan fingerprint density at radius 3 is 2.60 bits per heavy atom. The van der Waals surface area contributed by atoms with Gasteiger partial charge in [-0.1, -0.05) is 0 Å². The molecule has 1 aromatic rings. The molecule has 0 saturated heterocycles. The van der Waals surface area contributed by atoms with Crippen LogP contribution in [0.25, 0.3) is 0 Å². The third-order valence-electron chi connectivity index (χ3n) is 0.931. The van der Waals surface area contributed by atoms with Crippen molar-refractivity contribution in [2.75, 3.05) is 0 Å². The topological polar surface area (TPSA) is 12.9 Å². The molecule has 0 amide bonds. The first-order chi connectivity index (χ1) is 4.58. The van der Waals surface area contributed by atoms with Crippen molar-refractivity contribution in [1.29, 1.82) is 0 Å². The Kier molecular flexibility index (Phi) is 2.74.